The Morgan fingerprint density at radius 3 is 2.64 bits per heavy atom. The lowest BCUT2D eigenvalue weighted by Crippen LogP contribution is -2.26. The first-order valence-electron chi connectivity index (χ1n) is 9.03. The van der Waals surface area contributed by atoms with E-state index in [0.29, 0.717) is 5.82 Å². The fourth-order valence-electron chi connectivity index (χ4n) is 2.87. The molecule has 0 aliphatic heterocycles. The van der Waals surface area contributed by atoms with E-state index in [1.165, 1.54) is 12.5 Å². The molecule has 0 radical (unpaired) electrons. The van der Waals surface area contributed by atoms with Crippen molar-refractivity contribution >= 4 is 17.7 Å². The van der Waals surface area contributed by atoms with Crippen LogP contribution in [-0.2, 0) is 10.5 Å². The zero-order valence-electron chi connectivity index (χ0n) is 16.5. The summed E-state index contributed by atoms with van der Waals surface area (Å²) in [7, 11) is 1.66. The lowest BCUT2D eigenvalue weighted by atomic mass is 10.2. The van der Waals surface area contributed by atoms with Gasteiger partial charge in [-0.3, -0.25) is 9.36 Å². The normalized spacial score (nSPS) is 11.9. The minimum atomic E-state index is -0.252. The van der Waals surface area contributed by atoms with E-state index in [2.05, 4.69) is 40.6 Å². The zero-order chi connectivity index (χ0) is 20.1. The number of ether oxygens (including phenoxy) is 1. The van der Waals surface area contributed by atoms with Crippen molar-refractivity contribution in [2.24, 2.45) is 0 Å². The molecule has 1 atom stereocenters. The van der Waals surface area contributed by atoms with Crippen LogP contribution in [0.4, 0.5) is 0 Å². The molecule has 0 saturated carbocycles. The van der Waals surface area contributed by atoms with E-state index in [9.17, 15) is 4.79 Å². The van der Waals surface area contributed by atoms with Crippen LogP contribution in [0.25, 0.3) is 5.69 Å². The molecule has 0 bridgehead atoms. The Hall–Kier alpha value is -2.80. The number of carbonyl (C=O) groups excluding carboxylic acids is 1. The quantitative estimate of drug-likeness (QED) is 0.610. The molecule has 6 nitrogen and oxygen atoms in total. The molecule has 3 aromatic rings. The van der Waals surface area contributed by atoms with Gasteiger partial charge in [-0.2, -0.15) is 0 Å². The Labute approximate surface area is 169 Å². The zero-order valence-corrected chi connectivity index (χ0v) is 17.3. The van der Waals surface area contributed by atoms with Crippen molar-refractivity contribution in [1.82, 2.24) is 20.1 Å². The van der Waals surface area contributed by atoms with Gasteiger partial charge in [0.05, 0.1) is 13.2 Å². The van der Waals surface area contributed by atoms with Gasteiger partial charge in [-0.05, 0) is 43.7 Å². The van der Waals surface area contributed by atoms with Gasteiger partial charge in [-0.1, -0.05) is 41.6 Å². The van der Waals surface area contributed by atoms with Crippen molar-refractivity contribution in [3.63, 3.8) is 0 Å². The first kappa shape index (κ1) is 19.9. The van der Waals surface area contributed by atoms with E-state index < -0.39 is 0 Å². The SMILES string of the molecule is COc1cccc(CSc2nnc([C@@H](C)NC(C)=O)n2-c2ccc(C)cc2)c1. The lowest BCUT2D eigenvalue weighted by Gasteiger charge is -2.15. The molecule has 0 unspecified atom stereocenters. The number of nitrogens with one attached hydrogen (secondary N) is 1. The van der Waals surface area contributed by atoms with Crippen molar-refractivity contribution in [2.75, 3.05) is 7.11 Å². The van der Waals surface area contributed by atoms with E-state index in [4.69, 9.17) is 4.74 Å². The van der Waals surface area contributed by atoms with Crippen LogP contribution in [0.3, 0.4) is 0 Å². The number of amides is 1. The average Bonchev–Trinajstić information content (AvgIpc) is 3.11. The Kier molecular flexibility index (Phi) is 6.36. The van der Waals surface area contributed by atoms with Gasteiger partial charge in [-0.25, -0.2) is 0 Å². The van der Waals surface area contributed by atoms with Crippen molar-refractivity contribution in [1.29, 1.82) is 0 Å². The van der Waals surface area contributed by atoms with Crippen LogP contribution < -0.4 is 10.1 Å². The molecule has 2 aromatic carbocycles. The number of aromatic nitrogens is 3. The smallest absolute Gasteiger partial charge is 0.217 e. The summed E-state index contributed by atoms with van der Waals surface area (Å²) in [5.74, 6) is 2.16. The number of aryl methyl sites for hydroxylation is 1. The molecule has 1 aromatic heterocycles. The Balaban J connectivity index is 1.92. The third-order valence-corrected chi connectivity index (χ3v) is 5.26. The van der Waals surface area contributed by atoms with Crippen LogP contribution in [0.1, 0.15) is 36.8 Å². The monoisotopic (exact) mass is 396 g/mol. The van der Waals surface area contributed by atoms with E-state index in [1.54, 1.807) is 18.9 Å². The largest absolute Gasteiger partial charge is 0.497 e. The van der Waals surface area contributed by atoms with Gasteiger partial charge in [0.25, 0.3) is 0 Å². The molecule has 7 heteroatoms. The molecule has 1 heterocycles. The minimum Gasteiger partial charge on any atom is -0.497 e. The highest BCUT2D eigenvalue weighted by molar-refractivity contribution is 7.98. The highest BCUT2D eigenvalue weighted by atomic mass is 32.2. The molecule has 0 aliphatic carbocycles. The van der Waals surface area contributed by atoms with Gasteiger partial charge in [-0.15, -0.1) is 10.2 Å². The lowest BCUT2D eigenvalue weighted by molar-refractivity contribution is -0.119. The first-order valence-corrected chi connectivity index (χ1v) is 10.0. The van der Waals surface area contributed by atoms with Gasteiger partial charge >= 0.3 is 0 Å². The second-order valence-electron chi connectivity index (χ2n) is 6.57. The van der Waals surface area contributed by atoms with E-state index in [0.717, 1.165) is 27.9 Å². The van der Waals surface area contributed by atoms with E-state index in [1.807, 2.05) is 41.8 Å². The third-order valence-electron chi connectivity index (χ3n) is 4.26. The summed E-state index contributed by atoms with van der Waals surface area (Å²) in [4.78, 5) is 11.5. The fourth-order valence-corrected chi connectivity index (χ4v) is 3.77. The molecule has 1 N–H and O–H groups in total. The van der Waals surface area contributed by atoms with Crippen molar-refractivity contribution in [3.8, 4) is 11.4 Å². The van der Waals surface area contributed by atoms with E-state index in [-0.39, 0.29) is 11.9 Å². The molecular formula is C21H24N4O2S. The number of thioether (sulfide) groups is 1. The van der Waals surface area contributed by atoms with Gasteiger partial charge in [0.2, 0.25) is 5.91 Å². The highest BCUT2D eigenvalue weighted by Gasteiger charge is 2.20. The molecule has 28 heavy (non-hydrogen) atoms. The maximum atomic E-state index is 11.5. The molecule has 0 aliphatic rings. The van der Waals surface area contributed by atoms with Crippen LogP contribution in [-0.4, -0.2) is 27.8 Å². The number of carbonyl (C=O) groups is 1. The molecule has 0 fully saturated rings. The van der Waals surface area contributed by atoms with E-state index >= 15 is 0 Å². The second kappa shape index (κ2) is 8.93. The summed E-state index contributed by atoms with van der Waals surface area (Å²) in [5, 5.41) is 12.4. The molecule has 0 saturated heterocycles. The summed E-state index contributed by atoms with van der Waals surface area (Å²) in [6, 6.07) is 15.9. The van der Waals surface area contributed by atoms with Crippen LogP contribution in [0.2, 0.25) is 0 Å². The van der Waals surface area contributed by atoms with Gasteiger partial charge in [0, 0.05) is 18.4 Å². The van der Waals surface area contributed by atoms with Crippen LogP contribution in [0, 0.1) is 6.92 Å². The molecule has 0 spiro atoms. The number of hydrogen-bond donors (Lipinski definition) is 1. The Morgan fingerprint density at radius 2 is 1.96 bits per heavy atom. The van der Waals surface area contributed by atoms with Crippen LogP contribution in [0.5, 0.6) is 5.75 Å². The van der Waals surface area contributed by atoms with Crippen molar-refractivity contribution in [3.05, 3.63) is 65.5 Å². The maximum absolute atomic E-state index is 11.5. The first-order chi connectivity index (χ1) is 13.5. The number of methoxy groups -OCH3 is 1. The van der Waals surface area contributed by atoms with Crippen molar-refractivity contribution < 1.29 is 9.53 Å². The summed E-state index contributed by atoms with van der Waals surface area (Å²) >= 11 is 1.60. The Morgan fingerprint density at radius 1 is 1.21 bits per heavy atom. The number of nitrogens with zero attached hydrogens (tertiary/aromatic N) is 3. The predicted octanol–water partition coefficient (Wildman–Crippen LogP) is 4.07. The molecule has 1 amide bonds. The van der Waals surface area contributed by atoms with Gasteiger partial charge in [0.1, 0.15) is 5.75 Å². The Bertz CT molecular complexity index is 953. The predicted molar refractivity (Wildman–Crippen MR) is 111 cm³/mol. The minimum absolute atomic E-state index is 0.100. The number of rotatable bonds is 7. The topological polar surface area (TPSA) is 69.0 Å². The summed E-state index contributed by atoms with van der Waals surface area (Å²) in [6.45, 7) is 5.46. The van der Waals surface area contributed by atoms with Crippen LogP contribution >= 0.6 is 11.8 Å². The average molecular weight is 397 g/mol. The maximum Gasteiger partial charge on any atom is 0.217 e. The fraction of sp³-hybridized carbons (Fsp3) is 0.286. The second-order valence-corrected chi connectivity index (χ2v) is 7.52. The summed E-state index contributed by atoms with van der Waals surface area (Å²) in [6.07, 6.45) is 0. The van der Waals surface area contributed by atoms with Gasteiger partial charge in [0.15, 0.2) is 11.0 Å². The molecular weight excluding hydrogens is 372 g/mol. The van der Waals surface area contributed by atoms with Gasteiger partial charge < -0.3 is 10.1 Å². The molecule has 3 rings (SSSR count). The third kappa shape index (κ3) is 4.72. The highest BCUT2D eigenvalue weighted by Crippen LogP contribution is 2.28. The number of hydrogen-bond acceptors (Lipinski definition) is 5. The van der Waals surface area contributed by atoms with Crippen LogP contribution in [0.15, 0.2) is 53.7 Å². The number of benzene rings is 2. The summed E-state index contributed by atoms with van der Waals surface area (Å²) in [5.41, 5.74) is 3.29. The standard InChI is InChI=1S/C21H24N4O2S/c1-14-8-10-18(11-9-14)25-20(15(2)22-16(3)26)23-24-21(25)28-13-17-6-5-7-19(12-17)27-4/h5-12,15H,13H2,1-4H3,(H,22,26)/t15-/m1/s1. The van der Waals surface area contributed by atoms with Crippen molar-refractivity contribution in [2.45, 2.75) is 37.7 Å². The molecule has 146 valence electrons. The summed E-state index contributed by atoms with van der Waals surface area (Å²) < 4.78 is 7.31.